The number of carbonyl (C=O) groups excluding carboxylic acids is 2. The second-order valence-corrected chi connectivity index (χ2v) is 6.09. The van der Waals surface area contributed by atoms with Crippen molar-refractivity contribution in [1.29, 1.82) is 0 Å². The highest BCUT2D eigenvalue weighted by molar-refractivity contribution is 6.08. The Morgan fingerprint density at radius 1 is 1.38 bits per heavy atom. The van der Waals surface area contributed by atoms with Gasteiger partial charge < -0.3 is 19.5 Å². The quantitative estimate of drug-likeness (QED) is 0.895. The Kier molecular flexibility index (Phi) is 4.57. The molecule has 128 valence electrons. The molecule has 6 nitrogen and oxygen atoms in total. The summed E-state index contributed by atoms with van der Waals surface area (Å²) in [5.41, 5.74) is 0.902. The molecule has 2 aliphatic rings. The highest BCUT2D eigenvalue weighted by Gasteiger charge is 2.43. The second-order valence-electron chi connectivity index (χ2n) is 6.09. The first-order valence-electron chi connectivity index (χ1n) is 8.03. The molecule has 1 saturated heterocycles. The molecule has 0 aliphatic carbocycles. The fourth-order valence-electron chi connectivity index (χ4n) is 3.34. The van der Waals surface area contributed by atoms with E-state index in [1.165, 1.54) is 11.8 Å². The average Bonchev–Trinajstić information content (AvgIpc) is 3.17. The van der Waals surface area contributed by atoms with E-state index in [2.05, 4.69) is 0 Å². The number of hydrogen-bond acceptors (Lipinski definition) is 5. The molecule has 0 aromatic heterocycles. The average molecular weight is 331 g/mol. The molecule has 0 saturated carbocycles. The zero-order chi connectivity index (χ0) is 17.3. The summed E-state index contributed by atoms with van der Waals surface area (Å²) < 4.78 is 10.8. The number of nitrogens with zero attached hydrogens (tertiary/aromatic N) is 1. The largest absolute Gasteiger partial charge is 0.503 e. The molecule has 24 heavy (non-hydrogen) atoms. The van der Waals surface area contributed by atoms with E-state index in [-0.39, 0.29) is 17.5 Å². The van der Waals surface area contributed by atoms with Gasteiger partial charge in [0.2, 0.25) is 0 Å². The van der Waals surface area contributed by atoms with E-state index >= 15 is 0 Å². The van der Waals surface area contributed by atoms with Gasteiger partial charge in [0, 0.05) is 13.2 Å². The van der Waals surface area contributed by atoms with Crippen molar-refractivity contribution in [2.45, 2.75) is 31.9 Å². The third kappa shape index (κ3) is 2.89. The van der Waals surface area contributed by atoms with Gasteiger partial charge in [-0.05, 0) is 37.5 Å². The molecule has 0 unspecified atom stereocenters. The molecule has 1 N–H and O–H groups in total. The molecule has 0 bridgehead atoms. The van der Waals surface area contributed by atoms with Crippen LogP contribution in [0.5, 0.6) is 5.75 Å². The van der Waals surface area contributed by atoms with E-state index in [0.29, 0.717) is 18.9 Å². The normalized spacial score (nSPS) is 23.9. The Balaban J connectivity index is 1.96. The predicted molar refractivity (Wildman–Crippen MR) is 86.8 cm³/mol. The van der Waals surface area contributed by atoms with Gasteiger partial charge in [-0.1, -0.05) is 12.1 Å². The molecule has 1 fully saturated rings. The number of ketones is 1. The first kappa shape index (κ1) is 16.5. The predicted octanol–water partition coefficient (Wildman–Crippen LogP) is 2.16. The molecule has 6 heteroatoms. The van der Waals surface area contributed by atoms with Gasteiger partial charge in [-0.25, -0.2) is 0 Å². The minimum Gasteiger partial charge on any atom is -0.503 e. The van der Waals surface area contributed by atoms with Crippen LogP contribution in [0, 0.1) is 0 Å². The Hall–Kier alpha value is -2.34. The number of aliphatic hydroxyl groups excluding tert-OH is 1. The number of methoxy groups -OCH3 is 1. The van der Waals surface area contributed by atoms with E-state index in [9.17, 15) is 14.7 Å². The van der Waals surface area contributed by atoms with Gasteiger partial charge in [-0.15, -0.1) is 0 Å². The van der Waals surface area contributed by atoms with Gasteiger partial charge in [-0.2, -0.15) is 0 Å². The van der Waals surface area contributed by atoms with Crippen molar-refractivity contribution in [3.05, 3.63) is 41.2 Å². The van der Waals surface area contributed by atoms with Gasteiger partial charge in [0.15, 0.2) is 11.5 Å². The number of ether oxygens (including phenoxy) is 2. The molecule has 2 heterocycles. The van der Waals surface area contributed by atoms with Crippen molar-refractivity contribution in [2.75, 3.05) is 20.3 Å². The van der Waals surface area contributed by atoms with Crippen molar-refractivity contribution < 1.29 is 24.2 Å². The van der Waals surface area contributed by atoms with Gasteiger partial charge in [-0.3, -0.25) is 9.59 Å². The lowest BCUT2D eigenvalue weighted by molar-refractivity contribution is -0.131. The molecular formula is C18H21NO5. The lowest BCUT2D eigenvalue weighted by Crippen LogP contribution is -2.37. The fourth-order valence-corrected chi connectivity index (χ4v) is 3.34. The first-order valence-corrected chi connectivity index (χ1v) is 8.03. The molecule has 2 atom stereocenters. The Bertz CT molecular complexity index is 673. The highest BCUT2D eigenvalue weighted by atomic mass is 16.5. The van der Waals surface area contributed by atoms with Gasteiger partial charge >= 0.3 is 0 Å². The summed E-state index contributed by atoms with van der Waals surface area (Å²) in [6.07, 6.45) is 1.77. The summed E-state index contributed by atoms with van der Waals surface area (Å²) >= 11 is 0. The summed E-state index contributed by atoms with van der Waals surface area (Å²) in [7, 11) is 1.57. The summed E-state index contributed by atoms with van der Waals surface area (Å²) in [4.78, 5) is 26.1. The number of Topliss-reactive ketones (excluding diaryl/α,β-unsaturated/α-hetero) is 1. The first-order chi connectivity index (χ1) is 11.5. The molecule has 1 aromatic carbocycles. The van der Waals surface area contributed by atoms with Crippen LogP contribution in [-0.4, -0.2) is 48.1 Å². The van der Waals surface area contributed by atoms with Crippen LogP contribution in [0.1, 0.15) is 31.4 Å². The zero-order valence-electron chi connectivity index (χ0n) is 13.8. The second kappa shape index (κ2) is 6.65. The van der Waals surface area contributed by atoms with Crippen molar-refractivity contribution in [3.63, 3.8) is 0 Å². The van der Waals surface area contributed by atoms with Crippen molar-refractivity contribution >= 4 is 11.7 Å². The van der Waals surface area contributed by atoms with Crippen LogP contribution < -0.4 is 4.74 Å². The number of benzene rings is 1. The van der Waals surface area contributed by atoms with E-state index in [4.69, 9.17) is 9.47 Å². The maximum atomic E-state index is 12.5. The summed E-state index contributed by atoms with van der Waals surface area (Å²) in [6, 6.07) is 6.57. The third-order valence-corrected chi connectivity index (χ3v) is 4.54. The lowest BCUT2D eigenvalue weighted by Gasteiger charge is -2.28. The monoisotopic (exact) mass is 331 g/mol. The van der Waals surface area contributed by atoms with Crippen LogP contribution >= 0.6 is 0 Å². The SMILES string of the molecule is COc1ccc([C@@H]2C(C(C)=O)=C(O)C(=O)N2C[C@H]2CCCO2)cc1. The van der Waals surface area contributed by atoms with E-state index in [1.54, 1.807) is 31.4 Å². The van der Waals surface area contributed by atoms with Gasteiger partial charge in [0.05, 0.1) is 24.8 Å². The van der Waals surface area contributed by atoms with E-state index in [0.717, 1.165) is 18.4 Å². The molecule has 1 aromatic rings. The minimum absolute atomic E-state index is 0.0613. The summed E-state index contributed by atoms with van der Waals surface area (Å²) in [5.74, 6) is -0.597. The van der Waals surface area contributed by atoms with E-state index in [1.807, 2.05) is 0 Å². The number of aliphatic hydroxyl groups is 1. The Labute approximate surface area is 140 Å². The fraction of sp³-hybridized carbons (Fsp3) is 0.444. The van der Waals surface area contributed by atoms with Crippen LogP contribution in [-0.2, 0) is 14.3 Å². The molecule has 3 rings (SSSR count). The third-order valence-electron chi connectivity index (χ3n) is 4.54. The number of amides is 1. The Morgan fingerprint density at radius 2 is 2.08 bits per heavy atom. The summed E-state index contributed by atoms with van der Waals surface area (Å²) in [6.45, 7) is 2.40. The maximum absolute atomic E-state index is 12.5. The smallest absolute Gasteiger partial charge is 0.290 e. The minimum atomic E-state index is -0.592. The Morgan fingerprint density at radius 3 is 2.62 bits per heavy atom. The molecule has 0 radical (unpaired) electrons. The van der Waals surface area contributed by atoms with Crippen LogP contribution in [0.4, 0.5) is 0 Å². The zero-order valence-corrected chi connectivity index (χ0v) is 13.8. The molecule has 1 amide bonds. The van der Waals surface area contributed by atoms with E-state index < -0.39 is 17.7 Å². The highest BCUT2D eigenvalue weighted by Crippen LogP contribution is 2.38. The van der Waals surface area contributed by atoms with Gasteiger partial charge in [0.25, 0.3) is 5.91 Å². The lowest BCUT2D eigenvalue weighted by atomic mass is 9.96. The molecular weight excluding hydrogens is 310 g/mol. The number of hydrogen-bond donors (Lipinski definition) is 1. The molecule has 2 aliphatic heterocycles. The van der Waals surface area contributed by atoms with Crippen LogP contribution in [0.15, 0.2) is 35.6 Å². The van der Waals surface area contributed by atoms with Crippen LogP contribution in [0.25, 0.3) is 0 Å². The van der Waals surface area contributed by atoms with Crippen molar-refractivity contribution in [1.82, 2.24) is 4.90 Å². The standard InChI is InChI=1S/C18H21NO5/c1-11(20)15-16(12-5-7-13(23-2)8-6-12)19(18(22)17(15)21)10-14-4-3-9-24-14/h5-8,14,16,21H,3-4,9-10H2,1-2H3/t14-,16-/m1/s1. The van der Waals surface area contributed by atoms with Gasteiger partial charge in [0.1, 0.15) is 5.75 Å². The topological polar surface area (TPSA) is 76.1 Å². The number of rotatable bonds is 5. The van der Waals surface area contributed by atoms with Crippen LogP contribution in [0.3, 0.4) is 0 Å². The van der Waals surface area contributed by atoms with Crippen molar-refractivity contribution in [3.8, 4) is 5.75 Å². The summed E-state index contributed by atoms with van der Waals surface area (Å²) in [5, 5.41) is 10.2. The maximum Gasteiger partial charge on any atom is 0.290 e. The van der Waals surface area contributed by atoms with Crippen molar-refractivity contribution in [2.24, 2.45) is 0 Å². The molecule has 0 spiro atoms. The van der Waals surface area contributed by atoms with Crippen LogP contribution in [0.2, 0.25) is 0 Å². The number of carbonyl (C=O) groups is 2.